The maximum atomic E-state index is 11.7. The molecule has 1 aliphatic heterocycles. The van der Waals surface area contributed by atoms with Crippen molar-refractivity contribution in [1.82, 2.24) is 10.9 Å². The minimum atomic E-state index is -0.330. The quantitative estimate of drug-likeness (QED) is 0.641. The van der Waals surface area contributed by atoms with Crippen LogP contribution in [0.5, 0.6) is 0 Å². The van der Waals surface area contributed by atoms with Gasteiger partial charge in [0.05, 0.1) is 12.1 Å². The summed E-state index contributed by atoms with van der Waals surface area (Å²) in [7, 11) is 0. The van der Waals surface area contributed by atoms with E-state index in [9.17, 15) is 9.59 Å². The van der Waals surface area contributed by atoms with Crippen LogP contribution < -0.4 is 10.9 Å². The number of hydrogen-bond acceptors (Lipinski definition) is 4. The van der Waals surface area contributed by atoms with Gasteiger partial charge < -0.3 is 0 Å². The third-order valence-electron chi connectivity index (χ3n) is 3.12. The largest absolute Gasteiger partial charge is 0.273 e. The van der Waals surface area contributed by atoms with Crippen LogP contribution in [0.1, 0.15) is 25.3 Å². The normalized spacial score (nSPS) is 17.7. The molecule has 0 radical (unpaired) electrons. The molecule has 0 unspecified atom stereocenters. The zero-order valence-corrected chi connectivity index (χ0v) is 12.2. The van der Waals surface area contributed by atoms with Gasteiger partial charge in [-0.25, -0.2) is 10.9 Å². The van der Waals surface area contributed by atoms with Crippen LogP contribution in [0.25, 0.3) is 0 Å². The molecule has 2 amide bonds. The summed E-state index contributed by atoms with van der Waals surface area (Å²) in [6, 6.07) is 7.18. The van der Waals surface area contributed by atoms with Gasteiger partial charge in [-0.2, -0.15) is 10.2 Å². The molecule has 21 heavy (non-hydrogen) atoms. The van der Waals surface area contributed by atoms with Crippen molar-refractivity contribution in [3.05, 3.63) is 34.9 Å². The van der Waals surface area contributed by atoms with Crippen molar-refractivity contribution in [2.75, 3.05) is 0 Å². The molecule has 0 spiro atoms. The molecule has 0 saturated carbocycles. The number of hydrogen-bond donors (Lipinski definition) is 2. The summed E-state index contributed by atoms with van der Waals surface area (Å²) in [4.78, 5) is 23.1. The Morgan fingerprint density at radius 1 is 1.52 bits per heavy atom. The lowest BCUT2D eigenvalue weighted by Crippen LogP contribution is -2.25. The van der Waals surface area contributed by atoms with Gasteiger partial charge in [0.2, 0.25) is 11.8 Å². The Kier molecular flexibility index (Phi) is 5.05. The number of benzene rings is 1. The van der Waals surface area contributed by atoms with Gasteiger partial charge in [-0.05, 0) is 19.4 Å². The maximum absolute atomic E-state index is 11.7. The molecular weight excluding hydrogens is 292 g/mol. The van der Waals surface area contributed by atoms with E-state index in [-0.39, 0.29) is 24.2 Å². The van der Waals surface area contributed by atoms with Gasteiger partial charge >= 0.3 is 0 Å². The Morgan fingerprint density at radius 2 is 2.29 bits per heavy atom. The molecule has 1 heterocycles. The van der Waals surface area contributed by atoms with Gasteiger partial charge in [-0.3, -0.25) is 9.59 Å². The summed E-state index contributed by atoms with van der Waals surface area (Å²) in [6.07, 6.45) is 2.09. The first-order valence-electron chi connectivity index (χ1n) is 6.48. The Labute approximate surface area is 127 Å². The first kappa shape index (κ1) is 15.2. The van der Waals surface area contributed by atoms with E-state index in [1.54, 1.807) is 19.1 Å². The first-order valence-corrected chi connectivity index (χ1v) is 6.86. The molecule has 7 heteroatoms. The standard InChI is InChI=1S/C14H15ClN4O2/c1-9-11(14(21)19-17-9)6-7-13(20)18-16-8-10-4-2-3-5-12(10)15/h2-5,8,11H,6-7H2,1H3,(H,18,20)(H,19,21)/b16-8-/t11-/m0/s1. The smallest absolute Gasteiger partial charge is 0.248 e. The molecule has 1 aromatic rings. The average Bonchev–Trinajstić information content (AvgIpc) is 2.78. The van der Waals surface area contributed by atoms with Crippen molar-refractivity contribution >= 4 is 35.3 Å². The lowest BCUT2D eigenvalue weighted by molar-refractivity contribution is -0.123. The Morgan fingerprint density at radius 3 is 2.95 bits per heavy atom. The highest BCUT2D eigenvalue weighted by Gasteiger charge is 2.26. The molecule has 1 atom stereocenters. The fraction of sp³-hybridized carbons (Fsp3) is 0.286. The van der Waals surface area contributed by atoms with Gasteiger partial charge in [0.15, 0.2) is 0 Å². The van der Waals surface area contributed by atoms with Crippen molar-refractivity contribution in [2.45, 2.75) is 19.8 Å². The van der Waals surface area contributed by atoms with Crippen molar-refractivity contribution in [1.29, 1.82) is 0 Å². The van der Waals surface area contributed by atoms with E-state index >= 15 is 0 Å². The van der Waals surface area contributed by atoms with Gasteiger partial charge in [0.25, 0.3) is 0 Å². The molecular formula is C14H15ClN4O2. The van der Waals surface area contributed by atoms with Crippen LogP contribution in [0.4, 0.5) is 0 Å². The molecule has 1 aromatic carbocycles. The van der Waals surface area contributed by atoms with Crippen molar-refractivity contribution in [2.24, 2.45) is 16.1 Å². The molecule has 0 fully saturated rings. The molecule has 110 valence electrons. The van der Waals surface area contributed by atoms with Crippen LogP contribution in [0.2, 0.25) is 5.02 Å². The van der Waals surface area contributed by atoms with Crippen molar-refractivity contribution < 1.29 is 9.59 Å². The number of nitrogens with one attached hydrogen (secondary N) is 2. The predicted octanol–water partition coefficient (Wildman–Crippen LogP) is 1.69. The van der Waals surface area contributed by atoms with Crippen LogP contribution >= 0.6 is 11.6 Å². The summed E-state index contributed by atoms with van der Waals surface area (Å²) in [6.45, 7) is 1.76. The van der Waals surface area contributed by atoms with E-state index in [1.807, 2.05) is 12.1 Å². The zero-order valence-electron chi connectivity index (χ0n) is 11.5. The van der Waals surface area contributed by atoms with E-state index < -0.39 is 0 Å². The third kappa shape index (κ3) is 4.13. The number of carbonyl (C=O) groups excluding carboxylic acids is 2. The highest BCUT2D eigenvalue weighted by atomic mass is 35.5. The number of halogens is 1. The fourth-order valence-electron chi connectivity index (χ4n) is 1.91. The second kappa shape index (κ2) is 6.99. The Balaban J connectivity index is 1.79. The van der Waals surface area contributed by atoms with Gasteiger partial charge in [0.1, 0.15) is 0 Å². The lowest BCUT2D eigenvalue weighted by Gasteiger charge is -2.06. The maximum Gasteiger partial charge on any atom is 0.248 e. The van der Waals surface area contributed by atoms with E-state index in [0.29, 0.717) is 17.2 Å². The summed E-state index contributed by atoms with van der Waals surface area (Å²) in [5, 5.41) is 8.24. The highest BCUT2D eigenvalue weighted by Crippen LogP contribution is 2.14. The monoisotopic (exact) mass is 306 g/mol. The number of hydrazone groups is 2. The average molecular weight is 307 g/mol. The van der Waals surface area contributed by atoms with E-state index in [2.05, 4.69) is 21.1 Å². The fourth-order valence-corrected chi connectivity index (χ4v) is 2.10. The minimum Gasteiger partial charge on any atom is -0.273 e. The van der Waals surface area contributed by atoms with Crippen LogP contribution in [-0.2, 0) is 9.59 Å². The third-order valence-corrected chi connectivity index (χ3v) is 3.47. The summed E-state index contributed by atoms with van der Waals surface area (Å²) < 4.78 is 0. The second-order valence-electron chi connectivity index (χ2n) is 4.64. The van der Waals surface area contributed by atoms with Crippen LogP contribution in [0, 0.1) is 5.92 Å². The predicted molar refractivity (Wildman–Crippen MR) is 81.2 cm³/mol. The molecule has 2 rings (SSSR count). The van der Waals surface area contributed by atoms with Crippen molar-refractivity contribution in [3.63, 3.8) is 0 Å². The molecule has 2 N–H and O–H groups in total. The van der Waals surface area contributed by atoms with E-state index in [1.165, 1.54) is 6.21 Å². The van der Waals surface area contributed by atoms with E-state index in [4.69, 9.17) is 11.6 Å². The molecule has 0 aliphatic carbocycles. The Hall–Kier alpha value is -2.21. The lowest BCUT2D eigenvalue weighted by atomic mass is 9.99. The number of carbonyl (C=O) groups is 2. The number of nitrogens with zero attached hydrogens (tertiary/aromatic N) is 2. The SMILES string of the molecule is CC1=NNC(=O)[C@H]1CCC(=O)N/N=C\c1ccccc1Cl. The van der Waals surface area contributed by atoms with Gasteiger partial charge in [0, 0.05) is 22.7 Å². The molecule has 1 aliphatic rings. The van der Waals surface area contributed by atoms with E-state index in [0.717, 1.165) is 5.56 Å². The second-order valence-corrected chi connectivity index (χ2v) is 5.04. The number of rotatable bonds is 5. The number of amides is 2. The van der Waals surface area contributed by atoms with Gasteiger partial charge in [-0.1, -0.05) is 29.8 Å². The molecule has 0 saturated heterocycles. The van der Waals surface area contributed by atoms with Crippen LogP contribution in [0.3, 0.4) is 0 Å². The first-order chi connectivity index (χ1) is 10.1. The molecule has 0 bridgehead atoms. The van der Waals surface area contributed by atoms with Crippen molar-refractivity contribution in [3.8, 4) is 0 Å². The summed E-state index contributed by atoms with van der Waals surface area (Å²) in [5.74, 6) is -0.756. The summed E-state index contributed by atoms with van der Waals surface area (Å²) in [5.41, 5.74) is 6.22. The van der Waals surface area contributed by atoms with Crippen LogP contribution in [-0.4, -0.2) is 23.7 Å². The highest BCUT2D eigenvalue weighted by molar-refractivity contribution is 6.33. The van der Waals surface area contributed by atoms with Crippen LogP contribution in [0.15, 0.2) is 34.5 Å². The zero-order chi connectivity index (χ0) is 15.2. The van der Waals surface area contributed by atoms with Gasteiger partial charge in [-0.15, -0.1) is 0 Å². The summed E-state index contributed by atoms with van der Waals surface area (Å²) >= 11 is 5.96. The Bertz CT molecular complexity index is 613. The molecule has 6 nitrogen and oxygen atoms in total. The topological polar surface area (TPSA) is 82.9 Å². The molecule has 0 aromatic heterocycles. The minimum absolute atomic E-state index is 0.167.